The molecule has 0 radical (unpaired) electrons. The first-order valence-corrected chi connectivity index (χ1v) is 9.69. The van der Waals surface area contributed by atoms with Crippen molar-refractivity contribution in [1.82, 2.24) is 14.5 Å². The second-order valence-corrected chi connectivity index (χ2v) is 7.25. The molecule has 0 amide bonds. The van der Waals surface area contributed by atoms with E-state index in [2.05, 4.69) is 31.5 Å². The normalized spacial score (nSPS) is 15.1. The van der Waals surface area contributed by atoms with Gasteiger partial charge in [-0.05, 0) is 29.7 Å². The Morgan fingerprint density at radius 1 is 1.07 bits per heavy atom. The molecule has 1 aromatic heterocycles. The number of anilines is 1. The van der Waals surface area contributed by atoms with E-state index in [9.17, 15) is 4.39 Å². The van der Waals surface area contributed by atoms with Crippen LogP contribution >= 0.6 is 11.5 Å². The molecule has 1 saturated heterocycles. The first-order chi connectivity index (χ1) is 13.2. The molecule has 2 aromatic carbocycles. The highest BCUT2D eigenvalue weighted by Crippen LogP contribution is 2.29. The maximum Gasteiger partial charge on any atom is 0.131 e. The van der Waals surface area contributed by atoms with Gasteiger partial charge >= 0.3 is 0 Å². The second kappa shape index (κ2) is 8.02. The fourth-order valence-electron chi connectivity index (χ4n) is 3.35. The summed E-state index contributed by atoms with van der Waals surface area (Å²) < 4.78 is 23.5. The number of hydrogen-bond acceptors (Lipinski definition) is 6. The molecule has 4 rings (SSSR count). The van der Waals surface area contributed by atoms with E-state index in [4.69, 9.17) is 4.74 Å². The fraction of sp³-hybridized carbons (Fsp3) is 0.300. The van der Waals surface area contributed by atoms with Crippen LogP contribution in [0.4, 0.5) is 10.1 Å². The van der Waals surface area contributed by atoms with E-state index < -0.39 is 0 Å². The summed E-state index contributed by atoms with van der Waals surface area (Å²) in [5.41, 5.74) is 2.61. The Labute approximate surface area is 162 Å². The minimum absolute atomic E-state index is 0.229. The van der Waals surface area contributed by atoms with Crippen molar-refractivity contribution >= 4 is 17.2 Å². The van der Waals surface area contributed by atoms with Crippen LogP contribution in [-0.2, 0) is 6.54 Å². The van der Waals surface area contributed by atoms with Gasteiger partial charge in [-0.15, -0.1) is 5.10 Å². The number of aromatic nitrogens is 2. The number of ether oxygens (including phenoxy) is 1. The van der Waals surface area contributed by atoms with Crippen molar-refractivity contribution in [3.8, 4) is 16.2 Å². The van der Waals surface area contributed by atoms with Crippen LogP contribution in [0.2, 0.25) is 0 Å². The van der Waals surface area contributed by atoms with Crippen molar-refractivity contribution in [2.45, 2.75) is 6.54 Å². The lowest BCUT2D eigenvalue weighted by Gasteiger charge is -2.36. The molecule has 0 spiro atoms. The Bertz CT molecular complexity index is 908. The molecule has 1 fully saturated rings. The van der Waals surface area contributed by atoms with Gasteiger partial charge in [0.15, 0.2) is 0 Å². The predicted octanol–water partition coefficient (Wildman–Crippen LogP) is 3.68. The number of halogens is 1. The maximum atomic E-state index is 14.1. The van der Waals surface area contributed by atoms with Gasteiger partial charge in [-0.25, -0.2) is 4.39 Å². The Morgan fingerprint density at radius 3 is 2.67 bits per heavy atom. The largest absolute Gasteiger partial charge is 0.497 e. The Hall–Kier alpha value is -2.51. The number of rotatable bonds is 5. The van der Waals surface area contributed by atoms with Crippen molar-refractivity contribution in [3.05, 3.63) is 60.0 Å². The van der Waals surface area contributed by atoms with Crippen LogP contribution in [0, 0.1) is 5.82 Å². The predicted molar refractivity (Wildman–Crippen MR) is 106 cm³/mol. The molecular formula is C20H21FN4OS. The van der Waals surface area contributed by atoms with Gasteiger partial charge in [0, 0.05) is 50.0 Å². The van der Waals surface area contributed by atoms with Crippen LogP contribution in [0.3, 0.4) is 0 Å². The van der Waals surface area contributed by atoms with Crippen molar-refractivity contribution in [2.24, 2.45) is 0 Å². The average molecular weight is 384 g/mol. The third-order valence-corrected chi connectivity index (χ3v) is 5.64. The number of nitrogens with zero attached hydrogens (tertiary/aromatic N) is 4. The van der Waals surface area contributed by atoms with Crippen molar-refractivity contribution < 1.29 is 9.13 Å². The summed E-state index contributed by atoms with van der Waals surface area (Å²) in [6.07, 6.45) is 0. The molecule has 7 heteroatoms. The van der Waals surface area contributed by atoms with E-state index in [0.29, 0.717) is 12.1 Å². The third kappa shape index (κ3) is 3.94. The minimum Gasteiger partial charge on any atom is -0.497 e. The zero-order valence-corrected chi connectivity index (χ0v) is 16.0. The zero-order valence-electron chi connectivity index (χ0n) is 15.1. The lowest BCUT2D eigenvalue weighted by molar-refractivity contribution is 0.247. The third-order valence-electron chi connectivity index (χ3n) is 4.84. The highest BCUT2D eigenvalue weighted by Gasteiger charge is 2.21. The van der Waals surface area contributed by atoms with E-state index in [1.807, 2.05) is 18.2 Å². The van der Waals surface area contributed by atoms with E-state index in [0.717, 1.165) is 42.5 Å². The topological polar surface area (TPSA) is 41.5 Å². The van der Waals surface area contributed by atoms with Crippen molar-refractivity contribution in [2.75, 3.05) is 38.2 Å². The molecule has 140 valence electrons. The molecule has 2 heterocycles. The van der Waals surface area contributed by atoms with Crippen molar-refractivity contribution in [3.63, 3.8) is 0 Å². The summed E-state index contributed by atoms with van der Waals surface area (Å²) in [5.74, 6) is 0.644. The van der Waals surface area contributed by atoms with Gasteiger partial charge in [0.1, 0.15) is 11.6 Å². The van der Waals surface area contributed by atoms with E-state index >= 15 is 0 Å². The van der Waals surface area contributed by atoms with Crippen LogP contribution in [0.1, 0.15) is 5.69 Å². The molecule has 27 heavy (non-hydrogen) atoms. The molecule has 0 saturated carbocycles. The molecule has 0 unspecified atom stereocenters. The zero-order chi connectivity index (χ0) is 18.6. The van der Waals surface area contributed by atoms with Gasteiger partial charge in [-0.3, -0.25) is 4.90 Å². The lowest BCUT2D eigenvalue weighted by Crippen LogP contribution is -2.46. The van der Waals surface area contributed by atoms with Gasteiger partial charge in [0.2, 0.25) is 0 Å². The highest BCUT2D eigenvalue weighted by molar-refractivity contribution is 7.09. The quantitative estimate of drug-likeness (QED) is 0.671. The van der Waals surface area contributed by atoms with Gasteiger partial charge in [-0.2, -0.15) is 0 Å². The van der Waals surface area contributed by atoms with Crippen LogP contribution in [-0.4, -0.2) is 47.8 Å². The molecule has 1 aliphatic heterocycles. The smallest absolute Gasteiger partial charge is 0.131 e. The molecule has 0 aliphatic carbocycles. The second-order valence-electron chi connectivity index (χ2n) is 6.49. The highest BCUT2D eigenvalue weighted by atomic mass is 32.1. The van der Waals surface area contributed by atoms with Gasteiger partial charge in [0.05, 0.1) is 17.7 Å². The van der Waals surface area contributed by atoms with E-state index in [1.165, 1.54) is 23.3 Å². The summed E-state index contributed by atoms with van der Waals surface area (Å²) in [5, 5.41) is 4.26. The Balaban J connectivity index is 1.42. The van der Waals surface area contributed by atoms with Crippen molar-refractivity contribution in [1.29, 1.82) is 0 Å². The average Bonchev–Trinajstić information content (AvgIpc) is 3.17. The summed E-state index contributed by atoms with van der Waals surface area (Å²) in [6, 6.07) is 15.0. The van der Waals surface area contributed by atoms with Crippen LogP contribution in [0.15, 0.2) is 48.5 Å². The molecule has 0 atom stereocenters. The monoisotopic (exact) mass is 384 g/mol. The molecule has 1 aliphatic rings. The molecule has 0 bridgehead atoms. The standard InChI is InChI=1S/C20H21FN4OS/c1-26-16-6-4-5-15(13-16)25-11-9-24(10-12-25)14-19-20(27-23-22-19)17-7-2-3-8-18(17)21/h2-8,13H,9-12,14H2,1H3. The number of benzene rings is 2. The first kappa shape index (κ1) is 17.9. The minimum atomic E-state index is -0.229. The lowest BCUT2D eigenvalue weighted by atomic mass is 10.1. The number of methoxy groups -OCH3 is 1. The first-order valence-electron chi connectivity index (χ1n) is 8.92. The Morgan fingerprint density at radius 2 is 1.89 bits per heavy atom. The van der Waals surface area contributed by atoms with Crippen LogP contribution in [0.5, 0.6) is 5.75 Å². The van der Waals surface area contributed by atoms with Gasteiger partial charge < -0.3 is 9.64 Å². The fourth-order valence-corrected chi connectivity index (χ4v) is 4.04. The number of piperazine rings is 1. The summed E-state index contributed by atoms with van der Waals surface area (Å²) in [6.45, 7) is 4.39. The Kier molecular flexibility index (Phi) is 5.31. The molecular weight excluding hydrogens is 363 g/mol. The van der Waals surface area contributed by atoms with Gasteiger partial charge in [0.25, 0.3) is 0 Å². The summed E-state index contributed by atoms with van der Waals surface area (Å²) in [4.78, 5) is 5.52. The maximum absolute atomic E-state index is 14.1. The van der Waals surface area contributed by atoms with E-state index in [1.54, 1.807) is 19.2 Å². The van der Waals surface area contributed by atoms with Gasteiger partial charge in [-0.1, -0.05) is 28.8 Å². The SMILES string of the molecule is COc1cccc(N2CCN(Cc3nnsc3-c3ccccc3F)CC2)c1. The summed E-state index contributed by atoms with van der Waals surface area (Å²) >= 11 is 1.25. The number of hydrogen-bond donors (Lipinski definition) is 0. The molecule has 3 aromatic rings. The molecule has 5 nitrogen and oxygen atoms in total. The van der Waals surface area contributed by atoms with Crippen LogP contribution in [0.25, 0.3) is 10.4 Å². The van der Waals surface area contributed by atoms with E-state index in [-0.39, 0.29) is 5.82 Å². The summed E-state index contributed by atoms with van der Waals surface area (Å²) in [7, 11) is 1.69. The molecule has 0 N–H and O–H groups in total. The van der Waals surface area contributed by atoms with Crippen LogP contribution < -0.4 is 9.64 Å².